The van der Waals surface area contributed by atoms with Crippen molar-refractivity contribution in [2.45, 2.75) is 53.1 Å². The van der Waals surface area contributed by atoms with Gasteiger partial charge in [0.15, 0.2) is 0 Å². The van der Waals surface area contributed by atoms with Crippen LogP contribution in [0.25, 0.3) is 0 Å². The van der Waals surface area contributed by atoms with E-state index in [0.29, 0.717) is 6.61 Å². The second-order valence-electron chi connectivity index (χ2n) is 4.13. The summed E-state index contributed by atoms with van der Waals surface area (Å²) >= 11 is 0. The molecule has 0 heterocycles. The van der Waals surface area contributed by atoms with Gasteiger partial charge in [-0.3, -0.25) is 0 Å². The van der Waals surface area contributed by atoms with E-state index >= 15 is 0 Å². The third kappa shape index (κ3) is 10.6. The predicted molar refractivity (Wildman–Crippen MR) is 70.9 cm³/mol. The van der Waals surface area contributed by atoms with E-state index in [2.05, 4.69) is 4.74 Å². The predicted octanol–water partition coefficient (Wildman–Crippen LogP) is 2.58. The molecule has 0 aromatic heterocycles. The Balaban J connectivity index is 4.03. The lowest BCUT2D eigenvalue weighted by Gasteiger charge is -2.18. The Kier molecular flexibility index (Phi) is 9.99. The van der Waals surface area contributed by atoms with Crippen molar-refractivity contribution < 1.29 is 38.7 Å². The number of esters is 1. The summed E-state index contributed by atoms with van der Waals surface area (Å²) in [6.07, 6.45) is -0.556. The summed E-state index contributed by atoms with van der Waals surface area (Å²) in [5.74, 6) is -0.677. The second-order valence-corrected chi connectivity index (χ2v) is 4.13. The Hall–Kier alpha value is -1.80. The molecule has 0 spiro atoms. The summed E-state index contributed by atoms with van der Waals surface area (Å²) < 4.78 is 14.2. The maximum Gasteiger partial charge on any atom is 0.508 e. The molecule has 0 aliphatic carbocycles. The minimum absolute atomic E-state index is 0.175. The first kappa shape index (κ1) is 19.2. The van der Waals surface area contributed by atoms with Gasteiger partial charge < -0.3 is 24.2 Å². The third-order valence-electron chi connectivity index (χ3n) is 2.12. The molecule has 0 aromatic carbocycles. The molecule has 2 atom stereocenters. The first-order valence-corrected chi connectivity index (χ1v) is 6.57. The number of hydrogen-bond acceptors (Lipinski definition) is 7. The van der Waals surface area contributed by atoms with Gasteiger partial charge in [-0.1, -0.05) is 13.3 Å². The molecular formula is C13H22O8. The molecule has 0 saturated carbocycles. The highest BCUT2D eigenvalue weighted by molar-refractivity contribution is 5.87. The van der Waals surface area contributed by atoms with Gasteiger partial charge in [0.25, 0.3) is 0 Å². The van der Waals surface area contributed by atoms with Crippen molar-refractivity contribution >= 4 is 12.1 Å². The zero-order valence-corrected chi connectivity index (χ0v) is 12.7. The quantitative estimate of drug-likeness (QED) is 0.125. The number of hydrogen-bond donors (Lipinski definition) is 1. The van der Waals surface area contributed by atoms with E-state index in [0.717, 1.165) is 19.1 Å². The van der Waals surface area contributed by atoms with Gasteiger partial charge in [0.05, 0.1) is 12.2 Å². The van der Waals surface area contributed by atoms with Gasteiger partial charge in [0.2, 0.25) is 12.6 Å². The highest BCUT2D eigenvalue weighted by Gasteiger charge is 2.17. The van der Waals surface area contributed by atoms with Gasteiger partial charge in [-0.05, 0) is 27.2 Å². The summed E-state index contributed by atoms with van der Waals surface area (Å²) in [7, 11) is 0. The Morgan fingerprint density at radius 2 is 1.81 bits per heavy atom. The van der Waals surface area contributed by atoms with Crippen LogP contribution in [0.1, 0.15) is 40.5 Å². The minimum Gasteiger partial charge on any atom is -0.450 e. The monoisotopic (exact) mass is 306 g/mol. The van der Waals surface area contributed by atoms with Gasteiger partial charge in [0, 0.05) is 0 Å². The summed E-state index contributed by atoms with van der Waals surface area (Å²) in [5, 5.41) is 8.38. The number of ether oxygens (including phenoxy) is 3. The smallest absolute Gasteiger partial charge is 0.450 e. The van der Waals surface area contributed by atoms with E-state index in [4.69, 9.17) is 24.4 Å². The molecule has 0 aromatic rings. The standard InChI is InChI=1S/C13H22O8/c1-5-6-7-17-18-8-9(2)12(14)20-10(3)19-11(4)21-13(15)16/h8,10-11H,5-7H2,1-4H3,(H,15,16). The largest absolute Gasteiger partial charge is 0.508 e. The molecule has 8 nitrogen and oxygen atoms in total. The first-order valence-electron chi connectivity index (χ1n) is 6.57. The van der Waals surface area contributed by atoms with Crippen LogP contribution in [-0.2, 0) is 28.8 Å². The number of unbranched alkanes of at least 4 members (excludes halogenated alkanes) is 1. The number of rotatable bonds is 10. The van der Waals surface area contributed by atoms with E-state index < -0.39 is 24.7 Å². The Labute approximate surface area is 123 Å². The van der Waals surface area contributed by atoms with Crippen molar-refractivity contribution in [3.8, 4) is 0 Å². The van der Waals surface area contributed by atoms with Crippen LogP contribution in [0, 0.1) is 0 Å². The fraction of sp³-hybridized carbons (Fsp3) is 0.692. The maximum atomic E-state index is 11.6. The molecule has 1 N–H and O–H groups in total. The summed E-state index contributed by atoms with van der Waals surface area (Å²) in [6, 6.07) is 0. The van der Waals surface area contributed by atoms with E-state index in [1.165, 1.54) is 20.8 Å². The van der Waals surface area contributed by atoms with Crippen LogP contribution in [0.4, 0.5) is 4.79 Å². The highest BCUT2D eigenvalue weighted by atomic mass is 17.2. The van der Waals surface area contributed by atoms with Gasteiger partial charge >= 0.3 is 12.1 Å². The topological polar surface area (TPSA) is 101 Å². The van der Waals surface area contributed by atoms with Crippen LogP contribution in [0.2, 0.25) is 0 Å². The van der Waals surface area contributed by atoms with Crippen molar-refractivity contribution in [3.63, 3.8) is 0 Å². The molecule has 0 aliphatic heterocycles. The van der Waals surface area contributed by atoms with Crippen molar-refractivity contribution in [1.29, 1.82) is 0 Å². The summed E-state index contributed by atoms with van der Waals surface area (Å²) in [5.41, 5.74) is 0.175. The van der Waals surface area contributed by atoms with Crippen molar-refractivity contribution in [3.05, 3.63) is 11.8 Å². The molecule has 0 radical (unpaired) electrons. The van der Waals surface area contributed by atoms with Crippen LogP contribution in [0.3, 0.4) is 0 Å². The summed E-state index contributed by atoms with van der Waals surface area (Å²) in [4.78, 5) is 31.4. The molecular weight excluding hydrogens is 284 g/mol. The van der Waals surface area contributed by atoms with Crippen LogP contribution in [0.5, 0.6) is 0 Å². The fourth-order valence-corrected chi connectivity index (χ4v) is 1.12. The van der Waals surface area contributed by atoms with E-state index in [-0.39, 0.29) is 5.57 Å². The summed E-state index contributed by atoms with van der Waals surface area (Å²) in [6.45, 7) is 6.73. The Morgan fingerprint density at radius 3 is 2.38 bits per heavy atom. The number of carbonyl (C=O) groups excluding carboxylic acids is 1. The third-order valence-corrected chi connectivity index (χ3v) is 2.12. The maximum absolute atomic E-state index is 11.6. The molecule has 8 heteroatoms. The van der Waals surface area contributed by atoms with Crippen LogP contribution in [-0.4, -0.2) is 36.4 Å². The molecule has 2 unspecified atom stereocenters. The van der Waals surface area contributed by atoms with Crippen LogP contribution < -0.4 is 0 Å². The molecule has 0 saturated heterocycles. The average molecular weight is 306 g/mol. The average Bonchev–Trinajstić information content (AvgIpc) is 2.36. The van der Waals surface area contributed by atoms with Gasteiger partial charge in [0.1, 0.15) is 6.26 Å². The van der Waals surface area contributed by atoms with Gasteiger partial charge in [-0.2, -0.15) is 4.89 Å². The minimum atomic E-state index is -1.48. The second kappa shape index (κ2) is 10.9. The normalized spacial score (nSPS) is 14.2. The van der Waals surface area contributed by atoms with Crippen LogP contribution >= 0.6 is 0 Å². The zero-order valence-electron chi connectivity index (χ0n) is 12.7. The molecule has 0 amide bonds. The SMILES string of the molecule is CCCCOOC=C(C)C(=O)OC(C)OC(C)OC(=O)O. The molecule has 0 rings (SSSR count). The highest BCUT2D eigenvalue weighted by Crippen LogP contribution is 2.06. The molecule has 0 fully saturated rings. The van der Waals surface area contributed by atoms with Gasteiger partial charge in [-0.25, -0.2) is 9.59 Å². The van der Waals surface area contributed by atoms with E-state index in [9.17, 15) is 9.59 Å². The fourth-order valence-electron chi connectivity index (χ4n) is 1.12. The first-order chi connectivity index (χ1) is 9.86. The van der Waals surface area contributed by atoms with E-state index in [1.807, 2.05) is 6.92 Å². The lowest BCUT2D eigenvalue weighted by Crippen LogP contribution is -2.26. The van der Waals surface area contributed by atoms with Crippen molar-refractivity contribution in [2.75, 3.05) is 6.61 Å². The zero-order chi connectivity index (χ0) is 16.3. The van der Waals surface area contributed by atoms with Crippen LogP contribution in [0.15, 0.2) is 11.8 Å². The molecule has 122 valence electrons. The number of carbonyl (C=O) groups is 2. The Bertz CT molecular complexity index is 352. The lowest BCUT2D eigenvalue weighted by molar-refractivity contribution is -0.250. The van der Waals surface area contributed by atoms with Gasteiger partial charge in [-0.15, -0.1) is 0 Å². The van der Waals surface area contributed by atoms with Crippen molar-refractivity contribution in [2.24, 2.45) is 0 Å². The Morgan fingerprint density at radius 1 is 1.19 bits per heavy atom. The van der Waals surface area contributed by atoms with Crippen molar-refractivity contribution in [1.82, 2.24) is 0 Å². The molecule has 0 bridgehead atoms. The molecule has 0 aliphatic rings. The lowest BCUT2D eigenvalue weighted by atomic mass is 10.3. The number of carboxylic acid groups (broad SMARTS) is 1. The molecule has 21 heavy (non-hydrogen) atoms. The van der Waals surface area contributed by atoms with E-state index in [1.54, 1.807) is 0 Å².